The third kappa shape index (κ3) is 4.15. The van der Waals surface area contributed by atoms with Gasteiger partial charge in [-0.25, -0.2) is 0 Å². The second-order valence-corrected chi connectivity index (χ2v) is 6.43. The van der Waals surface area contributed by atoms with Crippen molar-refractivity contribution in [2.24, 2.45) is 5.92 Å². The van der Waals surface area contributed by atoms with E-state index in [0.29, 0.717) is 28.3 Å². The molecule has 0 radical (unpaired) electrons. The van der Waals surface area contributed by atoms with Gasteiger partial charge in [-0.2, -0.15) is 5.10 Å². The molecule has 0 unspecified atom stereocenters. The largest absolute Gasteiger partial charge is 0.486 e. The van der Waals surface area contributed by atoms with E-state index in [1.807, 2.05) is 16.9 Å². The van der Waals surface area contributed by atoms with Crippen LogP contribution in [0.5, 0.6) is 5.75 Å². The minimum absolute atomic E-state index is 0.403. The molecule has 3 rings (SSSR count). The molecule has 118 valence electrons. The average molecular weight is 340 g/mol. The maximum Gasteiger partial charge on any atom is 0.138 e. The Morgan fingerprint density at radius 1 is 1.23 bits per heavy atom. The maximum atomic E-state index is 6.09. The first kappa shape index (κ1) is 15.7. The fourth-order valence-corrected chi connectivity index (χ4v) is 3.12. The summed E-state index contributed by atoms with van der Waals surface area (Å²) in [6, 6.07) is 7.20. The molecule has 2 heterocycles. The summed E-state index contributed by atoms with van der Waals surface area (Å²) in [4.78, 5) is 0. The summed E-state index contributed by atoms with van der Waals surface area (Å²) in [5.74, 6) is 1.33. The van der Waals surface area contributed by atoms with Crippen molar-refractivity contribution in [3.8, 4) is 5.75 Å². The summed E-state index contributed by atoms with van der Waals surface area (Å²) in [5.41, 5.74) is 0.903. The van der Waals surface area contributed by atoms with E-state index >= 15 is 0 Å². The number of nitrogens with zero attached hydrogens (tertiary/aromatic N) is 2. The third-order valence-electron chi connectivity index (χ3n) is 3.87. The highest BCUT2D eigenvalue weighted by Crippen LogP contribution is 2.28. The summed E-state index contributed by atoms with van der Waals surface area (Å²) < 4.78 is 7.72. The molecule has 0 amide bonds. The predicted octanol–water partition coefficient (Wildman–Crippen LogP) is 3.77. The molecule has 1 aliphatic heterocycles. The lowest BCUT2D eigenvalue weighted by molar-refractivity contribution is 0.293. The first-order valence-electron chi connectivity index (χ1n) is 7.51. The summed E-state index contributed by atoms with van der Waals surface area (Å²) in [6.07, 6.45) is 4.45. The summed E-state index contributed by atoms with van der Waals surface area (Å²) in [7, 11) is 0. The molecule has 2 aromatic rings. The fourth-order valence-electron chi connectivity index (χ4n) is 2.66. The fraction of sp³-hybridized carbons (Fsp3) is 0.438. The van der Waals surface area contributed by atoms with Crippen LogP contribution in [0, 0.1) is 5.92 Å². The van der Waals surface area contributed by atoms with Gasteiger partial charge in [0.1, 0.15) is 12.4 Å². The van der Waals surface area contributed by atoms with Crippen molar-refractivity contribution in [3.05, 3.63) is 46.2 Å². The highest BCUT2D eigenvalue weighted by molar-refractivity contribution is 6.35. The molecule has 4 nitrogen and oxygen atoms in total. The van der Waals surface area contributed by atoms with E-state index in [0.717, 1.165) is 25.3 Å². The standard InChI is InChI=1S/C16H19Cl2N3O/c17-13-1-2-16(15(18)9-13)22-11-14-5-8-21(20-14)10-12-3-6-19-7-4-12/h1-2,5,8-9,12,19H,3-4,6-7,10-11H2. The van der Waals surface area contributed by atoms with Crippen LogP contribution in [0.2, 0.25) is 10.0 Å². The van der Waals surface area contributed by atoms with Gasteiger partial charge in [-0.05, 0) is 56.1 Å². The molecule has 1 aromatic heterocycles. The Morgan fingerprint density at radius 2 is 2.05 bits per heavy atom. The number of ether oxygens (including phenoxy) is 1. The lowest BCUT2D eigenvalue weighted by Crippen LogP contribution is -2.30. The van der Waals surface area contributed by atoms with Gasteiger partial charge < -0.3 is 10.1 Å². The van der Waals surface area contributed by atoms with Crippen molar-refractivity contribution in [2.45, 2.75) is 26.0 Å². The third-order valence-corrected chi connectivity index (χ3v) is 4.40. The molecule has 0 atom stereocenters. The van der Waals surface area contributed by atoms with E-state index in [9.17, 15) is 0 Å². The number of rotatable bonds is 5. The number of aromatic nitrogens is 2. The minimum Gasteiger partial charge on any atom is -0.486 e. The van der Waals surface area contributed by atoms with Crippen LogP contribution in [0.15, 0.2) is 30.5 Å². The number of benzene rings is 1. The lowest BCUT2D eigenvalue weighted by atomic mass is 9.98. The SMILES string of the molecule is Clc1ccc(OCc2ccn(CC3CCNCC3)n2)c(Cl)c1. The average Bonchev–Trinajstić information content (AvgIpc) is 2.95. The van der Waals surface area contributed by atoms with Crippen molar-refractivity contribution in [3.63, 3.8) is 0 Å². The molecular formula is C16H19Cl2N3O. The van der Waals surface area contributed by atoms with Crippen LogP contribution in [0.25, 0.3) is 0 Å². The van der Waals surface area contributed by atoms with Crippen molar-refractivity contribution >= 4 is 23.2 Å². The van der Waals surface area contributed by atoms with Crippen LogP contribution in [0.3, 0.4) is 0 Å². The minimum atomic E-state index is 0.403. The predicted molar refractivity (Wildman–Crippen MR) is 88.6 cm³/mol. The number of nitrogens with one attached hydrogen (secondary N) is 1. The van der Waals surface area contributed by atoms with Gasteiger partial charge in [0, 0.05) is 17.8 Å². The summed E-state index contributed by atoms with van der Waals surface area (Å²) in [5, 5.41) is 9.07. The van der Waals surface area contributed by atoms with E-state index < -0.39 is 0 Å². The Hall–Kier alpha value is -1.23. The van der Waals surface area contributed by atoms with E-state index in [4.69, 9.17) is 27.9 Å². The molecule has 0 bridgehead atoms. The van der Waals surface area contributed by atoms with Gasteiger partial charge in [0.2, 0.25) is 0 Å². The van der Waals surface area contributed by atoms with Gasteiger partial charge in [0.05, 0.1) is 10.7 Å². The molecule has 1 aromatic carbocycles. The normalized spacial score (nSPS) is 15.9. The lowest BCUT2D eigenvalue weighted by Gasteiger charge is -2.22. The number of halogens is 2. The van der Waals surface area contributed by atoms with Gasteiger partial charge in [-0.15, -0.1) is 0 Å². The van der Waals surface area contributed by atoms with E-state index in [-0.39, 0.29) is 0 Å². The molecule has 1 fully saturated rings. The van der Waals surface area contributed by atoms with Crippen LogP contribution in [-0.4, -0.2) is 22.9 Å². The molecule has 22 heavy (non-hydrogen) atoms. The van der Waals surface area contributed by atoms with Gasteiger partial charge in [0.15, 0.2) is 0 Å². The van der Waals surface area contributed by atoms with Gasteiger partial charge in [-0.3, -0.25) is 4.68 Å². The Balaban J connectivity index is 1.55. The van der Waals surface area contributed by atoms with Gasteiger partial charge in [0.25, 0.3) is 0 Å². The molecular weight excluding hydrogens is 321 g/mol. The Labute approximate surface area is 140 Å². The highest BCUT2D eigenvalue weighted by atomic mass is 35.5. The zero-order valence-electron chi connectivity index (χ0n) is 12.3. The van der Waals surface area contributed by atoms with Crippen LogP contribution >= 0.6 is 23.2 Å². The molecule has 1 saturated heterocycles. The second-order valence-electron chi connectivity index (χ2n) is 5.59. The zero-order chi connectivity index (χ0) is 15.4. The van der Waals surface area contributed by atoms with Crippen LogP contribution in [0.1, 0.15) is 18.5 Å². The van der Waals surface area contributed by atoms with Crippen LogP contribution in [-0.2, 0) is 13.2 Å². The van der Waals surface area contributed by atoms with Crippen LogP contribution in [0.4, 0.5) is 0 Å². The Bertz CT molecular complexity index is 624. The Kier molecular flexibility index (Phi) is 5.24. The topological polar surface area (TPSA) is 39.1 Å². The zero-order valence-corrected chi connectivity index (χ0v) is 13.8. The van der Waals surface area contributed by atoms with Crippen LogP contribution < -0.4 is 10.1 Å². The van der Waals surface area contributed by atoms with Gasteiger partial charge in [-0.1, -0.05) is 23.2 Å². The van der Waals surface area contributed by atoms with Crippen molar-refractivity contribution < 1.29 is 4.74 Å². The smallest absolute Gasteiger partial charge is 0.138 e. The van der Waals surface area contributed by atoms with E-state index in [1.54, 1.807) is 18.2 Å². The molecule has 6 heteroatoms. The molecule has 1 N–H and O–H groups in total. The van der Waals surface area contributed by atoms with E-state index in [1.165, 1.54) is 12.8 Å². The number of piperidine rings is 1. The quantitative estimate of drug-likeness (QED) is 0.901. The van der Waals surface area contributed by atoms with Gasteiger partial charge >= 0.3 is 0 Å². The van der Waals surface area contributed by atoms with Crippen molar-refractivity contribution in [1.82, 2.24) is 15.1 Å². The van der Waals surface area contributed by atoms with Crippen molar-refractivity contribution in [1.29, 1.82) is 0 Å². The molecule has 1 aliphatic rings. The first-order chi connectivity index (χ1) is 10.7. The maximum absolute atomic E-state index is 6.09. The summed E-state index contributed by atoms with van der Waals surface area (Å²) in [6.45, 7) is 3.60. The Morgan fingerprint density at radius 3 is 2.82 bits per heavy atom. The molecule has 0 spiro atoms. The second kappa shape index (κ2) is 7.36. The number of hydrogen-bond donors (Lipinski definition) is 1. The molecule has 0 saturated carbocycles. The van der Waals surface area contributed by atoms with Crippen molar-refractivity contribution in [2.75, 3.05) is 13.1 Å². The monoisotopic (exact) mass is 339 g/mol. The first-order valence-corrected chi connectivity index (χ1v) is 8.27. The number of hydrogen-bond acceptors (Lipinski definition) is 3. The summed E-state index contributed by atoms with van der Waals surface area (Å²) >= 11 is 12.0. The molecule has 0 aliphatic carbocycles. The van der Waals surface area contributed by atoms with E-state index in [2.05, 4.69) is 10.4 Å². The highest BCUT2D eigenvalue weighted by Gasteiger charge is 2.14.